The van der Waals surface area contributed by atoms with Crippen LogP contribution in [0.3, 0.4) is 0 Å². The Morgan fingerprint density at radius 1 is 0.800 bits per heavy atom. The van der Waals surface area contributed by atoms with Gasteiger partial charge in [0.1, 0.15) is 0 Å². The molecule has 146 valence electrons. The number of carbonyl (C=O) groups excluding carboxylic acids is 1. The van der Waals surface area contributed by atoms with Crippen molar-refractivity contribution in [2.24, 2.45) is 0 Å². The van der Waals surface area contributed by atoms with Gasteiger partial charge in [0.05, 0.1) is 0 Å². The first kappa shape index (κ1) is 23.5. The summed E-state index contributed by atoms with van der Waals surface area (Å²) >= 11 is 3.64. The van der Waals surface area contributed by atoms with Gasteiger partial charge >= 0.3 is 29.1 Å². The van der Waals surface area contributed by atoms with Gasteiger partial charge in [-0.05, 0) is 11.6 Å². The van der Waals surface area contributed by atoms with Gasteiger partial charge in [-0.1, -0.05) is 12.2 Å². The summed E-state index contributed by atoms with van der Waals surface area (Å²) < 4.78 is 131. The first-order valence-corrected chi connectivity index (χ1v) is 6.40. The van der Waals surface area contributed by atoms with Gasteiger partial charge in [0.15, 0.2) is 0 Å². The Balaban J connectivity index is 6.14. The van der Waals surface area contributed by atoms with E-state index < -0.39 is 48.1 Å². The second kappa shape index (κ2) is 7.04. The predicted molar refractivity (Wildman–Crippen MR) is 67.6 cm³/mol. The molecule has 0 N–H and O–H groups in total. The maximum absolute atomic E-state index is 13.6. The molecule has 0 rings (SSSR count). The van der Waals surface area contributed by atoms with Crippen LogP contribution < -0.4 is 0 Å². The van der Waals surface area contributed by atoms with Crippen molar-refractivity contribution in [1.29, 1.82) is 0 Å². The van der Waals surface area contributed by atoms with E-state index in [9.17, 15) is 48.7 Å². The molecular formula is C12H10ClF10NO. The summed E-state index contributed by atoms with van der Waals surface area (Å²) in [5, 5.41) is -6.30. The first-order chi connectivity index (χ1) is 10.9. The maximum Gasteiger partial charge on any atom is 0.393 e. The third kappa shape index (κ3) is 3.72. The molecule has 13 heteroatoms. The Morgan fingerprint density at radius 3 is 1.44 bits per heavy atom. The fourth-order valence-electron chi connectivity index (χ4n) is 1.46. The Hall–Kier alpha value is -1.46. The van der Waals surface area contributed by atoms with Crippen LogP contribution in [0.15, 0.2) is 25.3 Å². The van der Waals surface area contributed by atoms with Crippen molar-refractivity contribution in [3.8, 4) is 0 Å². The number of rotatable bonds is 9. The predicted octanol–water partition coefficient (Wildman–Crippen LogP) is 4.56. The average Bonchev–Trinajstić information content (AvgIpc) is 2.44. The third-order valence-corrected chi connectivity index (χ3v) is 3.03. The van der Waals surface area contributed by atoms with Crippen LogP contribution in [0.5, 0.6) is 0 Å². The highest BCUT2D eigenvalue weighted by Gasteiger charge is 2.87. The zero-order valence-electron chi connectivity index (χ0n) is 12.0. The zero-order chi connectivity index (χ0) is 20.5. The van der Waals surface area contributed by atoms with Crippen LogP contribution in [-0.2, 0) is 4.79 Å². The van der Waals surface area contributed by atoms with Crippen molar-refractivity contribution in [3.63, 3.8) is 0 Å². The summed E-state index contributed by atoms with van der Waals surface area (Å²) in [4.78, 5) is 11.2. The summed E-state index contributed by atoms with van der Waals surface area (Å²) in [6, 6.07) is 0. The number of hydrogen-bond acceptors (Lipinski definition) is 1. The van der Waals surface area contributed by atoms with Gasteiger partial charge in [0.25, 0.3) is 5.91 Å². The molecule has 0 atom stereocenters. The van der Waals surface area contributed by atoms with E-state index >= 15 is 0 Å². The Morgan fingerprint density at radius 2 is 1.16 bits per heavy atom. The molecule has 25 heavy (non-hydrogen) atoms. The van der Waals surface area contributed by atoms with Crippen molar-refractivity contribution < 1.29 is 48.7 Å². The molecule has 0 unspecified atom stereocenters. The molecule has 1 amide bonds. The van der Waals surface area contributed by atoms with Crippen LogP contribution in [0.4, 0.5) is 43.9 Å². The van der Waals surface area contributed by atoms with E-state index in [1.54, 1.807) is 0 Å². The summed E-state index contributed by atoms with van der Waals surface area (Å²) in [6.07, 6.45) is 1.46. The van der Waals surface area contributed by atoms with E-state index in [2.05, 4.69) is 24.8 Å². The monoisotopic (exact) mass is 409 g/mol. The highest BCUT2D eigenvalue weighted by atomic mass is 35.5. The van der Waals surface area contributed by atoms with Gasteiger partial charge in [0, 0.05) is 13.1 Å². The average molecular weight is 410 g/mol. The molecule has 0 heterocycles. The Bertz CT molecular complexity index is 518. The number of amides is 1. The molecular weight excluding hydrogens is 400 g/mol. The zero-order valence-corrected chi connectivity index (χ0v) is 12.8. The summed E-state index contributed by atoms with van der Waals surface area (Å²) in [5.74, 6) is -31.2. The van der Waals surface area contributed by atoms with Crippen LogP contribution >= 0.6 is 11.6 Å². The molecule has 0 saturated carbocycles. The fraction of sp³-hybridized carbons (Fsp3) is 0.583. The van der Waals surface area contributed by atoms with Crippen LogP contribution in [0.2, 0.25) is 0 Å². The van der Waals surface area contributed by atoms with E-state index in [0.29, 0.717) is 0 Å². The van der Waals surface area contributed by atoms with Gasteiger partial charge in [-0.2, -0.15) is 43.9 Å². The van der Waals surface area contributed by atoms with Crippen molar-refractivity contribution in [2.75, 3.05) is 13.1 Å². The minimum Gasteiger partial charge on any atom is -0.330 e. The van der Waals surface area contributed by atoms with Gasteiger partial charge in [-0.25, -0.2) is 0 Å². The van der Waals surface area contributed by atoms with Crippen molar-refractivity contribution >= 4 is 17.5 Å². The minimum atomic E-state index is -7.38. The van der Waals surface area contributed by atoms with Crippen molar-refractivity contribution in [3.05, 3.63) is 25.3 Å². The van der Waals surface area contributed by atoms with E-state index in [-0.39, 0.29) is 4.90 Å². The van der Waals surface area contributed by atoms with E-state index in [1.807, 2.05) is 0 Å². The number of alkyl halides is 11. The topological polar surface area (TPSA) is 20.3 Å². The lowest BCUT2D eigenvalue weighted by atomic mass is 9.97. The van der Waals surface area contributed by atoms with Gasteiger partial charge in [-0.15, -0.1) is 13.2 Å². The second-order valence-electron chi connectivity index (χ2n) is 4.58. The van der Waals surface area contributed by atoms with Crippen LogP contribution in [0.25, 0.3) is 0 Å². The Kier molecular flexibility index (Phi) is 6.63. The maximum atomic E-state index is 13.6. The molecule has 2 nitrogen and oxygen atoms in total. The van der Waals surface area contributed by atoms with E-state index in [4.69, 9.17) is 0 Å². The molecule has 0 saturated heterocycles. The molecule has 0 fully saturated rings. The van der Waals surface area contributed by atoms with Crippen LogP contribution in [-0.4, -0.2) is 53.0 Å². The molecule has 0 aromatic carbocycles. The van der Waals surface area contributed by atoms with Crippen molar-refractivity contribution in [1.82, 2.24) is 4.90 Å². The molecule has 0 bridgehead atoms. The molecule has 0 aromatic heterocycles. The number of hydrogen-bond donors (Lipinski definition) is 0. The molecule has 0 aliphatic carbocycles. The molecule has 0 spiro atoms. The molecule has 0 aliphatic heterocycles. The van der Waals surface area contributed by atoms with E-state index in [0.717, 1.165) is 12.2 Å². The minimum absolute atomic E-state index is 0.180. The standard InChI is InChI=1S/C12H10ClF10NO/c1-3-5-24(6-4-2)7(25)8(14,15)9(16,17)10(18,19)11(20,21)12(13,22)23/h3-4H,1-2,5-6H2. The lowest BCUT2D eigenvalue weighted by Gasteiger charge is -2.38. The number of carbonyl (C=O) groups is 1. The molecule has 0 aromatic rings. The van der Waals surface area contributed by atoms with Gasteiger partial charge in [-0.3, -0.25) is 4.79 Å². The van der Waals surface area contributed by atoms with E-state index in [1.165, 1.54) is 0 Å². The SMILES string of the molecule is C=CCN(CC=C)C(=O)C(F)(F)C(F)(F)C(F)(F)C(F)(F)C(F)(F)Cl. The largest absolute Gasteiger partial charge is 0.393 e. The first-order valence-electron chi connectivity index (χ1n) is 6.02. The summed E-state index contributed by atoms with van der Waals surface area (Å²) in [5.41, 5.74) is 0. The summed E-state index contributed by atoms with van der Waals surface area (Å²) in [6.45, 7) is 4.23. The third-order valence-electron chi connectivity index (χ3n) is 2.79. The number of halogens is 11. The lowest BCUT2D eigenvalue weighted by molar-refractivity contribution is -0.383. The van der Waals surface area contributed by atoms with Crippen LogP contribution in [0.1, 0.15) is 0 Å². The lowest BCUT2D eigenvalue weighted by Crippen LogP contribution is -2.69. The van der Waals surface area contributed by atoms with Crippen molar-refractivity contribution in [2.45, 2.75) is 29.1 Å². The molecule has 0 aliphatic rings. The summed E-state index contributed by atoms with van der Waals surface area (Å²) in [7, 11) is 0. The molecule has 0 radical (unpaired) electrons. The highest BCUT2D eigenvalue weighted by Crippen LogP contribution is 2.58. The second-order valence-corrected chi connectivity index (χ2v) is 5.06. The van der Waals surface area contributed by atoms with Crippen LogP contribution in [0, 0.1) is 0 Å². The Labute approximate surface area is 139 Å². The van der Waals surface area contributed by atoms with Gasteiger partial charge < -0.3 is 4.90 Å². The normalized spacial score (nSPS) is 14.2. The highest BCUT2D eigenvalue weighted by molar-refractivity contribution is 6.22. The fourth-order valence-corrected chi connectivity index (χ4v) is 1.58. The van der Waals surface area contributed by atoms with Gasteiger partial charge in [0.2, 0.25) is 0 Å². The number of nitrogens with zero attached hydrogens (tertiary/aromatic N) is 1. The smallest absolute Gasteiger partial charge is 0.330 e. The quantitative estimate of drug-likeness (QED) is 0.311.